The van der Waals surface area contributed by atoms with Gasteiger partial charge < -0.3 is 17.6 Å². The molecule has 0 fully saturated rings. The summed E-state index contributed by atoms with van der Waals surface area (Å²) in [6, 6.07) is 5.85. The second-order valence-corrected chi connectivity index (χ2v) is 5.32. The number of hydrogen-bond acceptors (Lipinski definition) is 2. The van der Waals surface area contributed by atoms with Gasteiger partial charge in [-0.1, -0.05) is 16.8 Å². The molecule has 1 heterocycles. The Balaban J connectivity index is 0.00000162. The van der Waals surface area contributed by atoms with Gasteiger partial charge in [0.25, 0.3) is 0 Å². The number of fused-ring (bicyclic) bond motifs is 1. The summed E-state index contributed by atoms with van der Waals surface area (Å²) in [7, 11) is 1.98. The Morgan fingerprint density at radius 1 is 1.39 bits per heavy atom. The van der Waals surface area contributed by atoms with Gasteiger partial charge in [0, 0.05) is 16.7 Å². The van der Waals surface area contributed by atoms with E-state index in [1.807, 2.05) is 25.2 Å². The lowest BCUT2D eigenvalue weighted by atomic mass is 9.80. The van der Waals surface area contributed by atoms with E-state index in [1.54, 1.807) is 6.92 Å². The molecule has 1 aromatic rings. The van der Waals surface area contributed by atoms with Crippen molar-refractivity contribution in [3.63, 3.8) is 0 Å². The molecule has 1 aliphatic rings. The first-order valence-corrected chi connectivity index (χ1v) is 5.87. The highest BCUT2D eigenvalue weighted by molar-refractivity contribution is 6.43. The third kappa shape index (κ3) is 2.02. The summed E-state index contributed by atoms with van der Waals surface area (Å²) >= 11 is 6.05. The van der Waals surface area contributed by atoms with Crippen LogP contribution in [-0.4, -0.2) is 28.3 Å². The molecule has 5 heteroatoms. The van der Waals surface area contributed by atoms with Gasteiger partial charge in [0.1, 0.15) is 12.8 Å². The Kier molecular flexibility index (Phi) is 4.08. The number of rotatable bonds is 1. The standard InChI is InChI=1S/C13H15ClN2O.ClH/c1-8(15-17)12-13(2,3)10-7-9(14)5-6-11(10)16(12)4;/h5-7H,1-4H3;1H. The van der Waals surface area contributed by atoms with E-state index < -0.39 is 0 Å². The van der Waals surface area contributed by atoms with Gasteiger partial charge in [-0.25, -0.2) is 0 Å². The fraction of sp³-hybridized carbons (Fsp3) is 0.385. The molecule has 0 unspecified atom stereocenters. The van der Waals surface area contributed by atoms with Crippen molar-refractivity contribution in [2.45, 2.75) is 26.2 Å². The zero-order valence-electron chi connectivity index (χ0n) is 10.8. The van der Waals surface area contributed by atoms with Crippen LogP contribution in [0.15, 0.2) is 23.4 Å². The van der Waals surface area contributed by atoms with Crippen LogP contribution in [0, 0.1) is 0 Å². The summed E-state index contributed by atoms with van der Waals surface area (Å²) in [5, 5.41) is 13.0. The molecule has 0 saturated carbocycles. The van der Waals surface area contributed by atoms with Crippen LogP contribution in [0.2, 0.25) is 5.02 Å². The lowest BCUT2D eigenvalue weighted by molar-refractivity contribution is -0.400. The maximum Gasteiger partial charge on any atom is 0.216 e. The Hall–Kier alpha value is -1.06. The Morgan fingerprint density at radius 3 is 2.56 bits per heavy atom. The highest BCUT2D eigenvalue weighted by Gasteiger charge is 2.46. The Labute approximate surface area is 118 Å². The van der Waals surface area contributed by atoms with Gasteiger partial charge in [-0.15, -0.1) is 0 Å². The summed E-state index contributed by atoms with van der Waals surface area (Å²) < 4.78 is 2.06. The first kappa shape index (κ1) is 15.0. The molecule has 1 aliphatic heterocycles. The smallest absolute Gasteiger partial charge is 0.216 e. The van der Waals surface area contributed by atoms with Crippen molar-refractivity contribution in [2.75, 3.05) is 7.05 Å². The monoisotopic (exact) mass is 286 g/mol. The van der Waals surface area contributed by atoms with Gasteiger partial charge in [0.15, 0.2) is 0 Å². The van der Waals surface area contributed by atoms with E-state index in [0.29, 0.717) is 5.71 Å². The largest absolute Gasteiger partial charge is 1.00 e. The van der Waals surface area contributed by atoms with Crippen LogP contribution in [0.25, 0.3) is 0 Å². The number of benzene rings is 1. The van der Waals surface area contributed by atoms with Crippen molar-refractivity contribution in [1.82, 2.24) is 0 Å². The van der Waals surface area contributed by atoms with Crippen LogP contribution in [0.5, 0.6) is 0 Å². The molecule has 2 rings (SSSR count). The van der Waals surface area contributed by atoms with Crippen LogP contribution >= 0.6 is 11.6 Å². The summed E-state index contributed by atoms with van der Waals surface area (Å²) in [5.41, 5.74) is 3.69. The van der Waals surface area contributed by atoms with E-state index in [0.717, 1.165) is 22.0 Å². The van der Waals surface area contributed by atoms with E-state index in [2.05, 4.69) is 23.6 Å². The Morgan fingerprint density at radius 2 is 2.00 bits per heavy atom. The van der Waals surface area contributed by atoms with Gasteiger partial charge in [-0.05, 0) is 32.9 Å². The fourth-order valence-corrected chi connectivity index (χ4v) is 2.88. The van der Waals surface area contributed by atoms with Gasteiger partial charge in [-0.2, -0.15) is 4.58 Å². The maximum atomic E-state index is 8.99. The van der Waals surface area contributed by atoms with E-state index in [9.17, 15) is 0 Å². The number of halogens is 2. The van der Waals surface area contributed by atoms with Crippen LogP contribution < -0.4 is 12.4 Å². The van der Waals surface area contributed by atoms with Crippen molar-refractivity contribution >= 4 is 28.7 Å². The van der Waals surface area contributed by atoms with Gasteiger partial charge in [0.2, 0.25) is 11.4 Å². The van der Waals surface area contributed by atoms with E-state index in [1.165, 1.54) is 0 Å². The van der Waals surface area contributed by atoms with E-state index in [4.69, 9.17) is 16.8 Å². The summed E-state index contributed by atoms with van der Waals surface area (Å²) in [6.45, 7) is 6.02. The quantitative estimate of drug-likeness (QED) is 0.341. The first-order valence-electron chi connectivity index (χ1n) is 5.50. The third-order valence-corrected chi connectivity index (χ3v) is 3.65. The molecular weight excluding hydrogens is 271 g/mol. The van der Waals surface area contributed by atoms with Crippen molar-refractivity contribution < 1.29 is 22.2 Å². The molecule has 0 aromatic heterocycles. The highest BCUT2D eigenvalue weighted by atomic mass is 35.5. The van der Waals surface area contributed by atoms with Crippen molar-refractivity contribution in [1.29, 1.82) is 0 Å². The summed E-state index contributed by atoms with van der Waals surface area (Å²) in [5.74, 6) is 0. The molecule has 98 valence electrons. The molecule has 0 spiro atoms. The number of hydrogen-bond donors (Lipinski definition) is 1. The molecule has 18 heavy (non-hydrogen) atoms. The van der Waals surface area contributed by atoms with E-state index >= 15 is 0 Å². The first-order chi connectivity index (χ1) is 7.89. The molecule has 3 nitrogen and oxygen atoms in total. The van der Waals surface area contributed by atoms with Crippen molar-refractivity contribution in [2.24, 2.45) is 5.16 Å². The number of nitrogens with zero attached hydrogens (tertiary/aromatic N) is 2. The third-order valence-electron chi connectivity index (χ3n) is 3.41. The van der Waals surface area contributed by atoms with Crippen LogP contribution in [0.3, 0.4) is 0 Å². The number of oxime groups is 1. The van der Waals surface area contributed by atoms with Gasteiger partial charge in [-0.3, -0.25) is 0 Å². The molecule has 0 saturated heterocycles. The molecule has 1 aromatic carbocycles. The lowest BCUT2D eigenvalue weighted by Crippen LogP contribution is -3.00. The average Bonchev–Trinajstić information content (AvgIpc) is 2.46. The minimum Gasteiger partial charge on any atom is -1.00 e. The summed E-state index contributed by atoms with van der Waals surface area (Å²) in [6.07, 6.45) is 0. The molecular formula is C13H16Cl2N2O. The molecule has 0 amide bonds. The zero-order chi connectivity index (χ0) is 12.8. The maximum absolute atomic E-state index is 8.99. The fourth-order valence-electron chi connectivity index (χ4n) is 2.71. The molecule has 0 bridgehead atoms. The lowest BCUT2D eigenvalue weighted by Gasteiger charge is -2.16. The second kappa shape index (κ2) is 4.90. The average molecular weight is 287 g/mol. The minimum absolute atomic E-state index is 0. The topological polar surface area (TPSA) is 35.6 Å². The van der Waals surface area contributed by atoms with Crippen molar-refractivity contribution in [3.05, 3.63) is 28.8 Å². The van der Waals surface area contributed by atoms with Crippen molar-refractivity contribution in [3.8, 4) is 0 Å². The van der Waals surface area contributed by atoms with Crippen LogP contribution in [0.4, 0.5) is 5.69 Å². The zero-order valence-corrected chi connectivity index (χ0v) is 12.3. The highest BCUT2D eigenvalue weighted by Crippen LogP contribution is 2.40. The normalized spacial score (nSPS) is 17.5. The second-order valence-electron chi connectivity index (χ2n) is 4.88. The molecule has 1 N–H and O–H groups in total. The molecule has 0 atom stereocenters. The van der Waals surface area contributed by atoms with Crippen LogP contribution in [-0.2, 0) is 5.41 Å². The Bertz CT molecular complexity index is 548. The van der Waals surface area contributed by atoms with Gasteiger partial charge >= 0.3 is 0 Å². The SMILES string of the molecule is CC(=NO)C1=[N+](C)c2ccc(Cl)cc2C1(C)C.[Cl-]. The minimum atomic E-state index is -0.203. The predicted octanol–water partition coefficient (Wildman–Crippen LogP) is 0.200. The van der Waals surface area contributed by atoms with Crippen LogP contribution in [0.1, 0.15) is 26.3 Å². The molecule has 0 radical (unpaired) electrons. The van der Waals surface area contributed by atoms with Gasteiger partial charge in [0.05, 0.1) is 5.41 Å². The van der Waals surface area contributed by atoms with E-state index in [-0.39, 0.29) is 17.8 Å². The molecule has 0 aliphatic carbocycles. The predicted molar refractivity (Wildman–Crippen MR) is 70.2 cm³/mol. The summed E-state index contributed by atoms with van der Waals surface area (Å²) in [4.78, 5) is 0.